The number of hydrogen-bond acceptors (Lipinski definition) is 6. The summed E-state index contributed by atoms with van der Waals surface area (Å²) in [5.41, 5.74) is 3.90. The summed E-state index contributed by atoms with van der Waals surface area (Å²) >= 11 is 0. The molecule has 0 saturated carbocycles. The maximum atomic E-state index is 12.5. The third-order valence-electron chi connectivity index (χ3n) is 4.69. The molecule has 1 aliphatic heterocycles. The second-order valence-electron chi connectivity index (χ2n) is 6.42. The first kappa shape index (κ1) is 20.2. The second-order valence-corrected chi connectivity index (χ2v) is 6.42. The van der Waals surface area contributed by atoms with E-state index in [-0.39, 0.29) is 18.2 Å². The molecular formula is C21H23N3O5. The van der Waals surface area contributed by atoms with Gasteiger partial charge >= 0.3 is 0 Å². The topological polar surface area (TPSA) is 89.5 Å². The van der Waals surface area contributed by atoms with Crippen LogP contribution in [0.15, 0.2) is 47.6 Å². The van der Waals surface area contributed by atoms with E-state index in [1.165, 1.54) is 13.3 Å². The number of methoxy groups -OCH3 is 3. The number of para-hydroxylation sites is 1. The van der Waals surface area contributed by atoms with Gasteiger partial charge in [-0.15, -0.1) is 0 Å². The highest BCUT2D eigenvalue weighted by molar-refractivity contribution is 6.00. The van der Waals surface area contributed by atoms with E-state index >= 15 is 0 Å². The van der Waals surface area contributed by atoms with Crippen molar-refractivity contribution in [1.82, 2.24) is 5.43 Å². The number of carbonyl (C=O) groups excluding carboxylic acids is 2. The summed E-state index contributed by atoms with van der Waals surface area (Å²) in [5.74, 6) is 0.904. The standard InChI is InChI=1S/C21H23N3O5/c1-27-17-9-7-16(8-10-17)24-13-15(11-19(24)25)21(26)23-22-12-14-5-4-6-18(28-2)20(14)29-3/h4-10,12,15H,11,13H2,1-3H3,(H,23,26)/b22-12+/t15-/m0/s1. The fourth-order valence-corrected chi connectivity index (χ4v) is 3.17. The van der Waals surface area contributed by atoms with Gasteiger partial charge in [-0.05, 0) is 36.4 Å². The number of benzene rings is 2. The molecular weight excluding hydrogens is 374 g/mol. The van der Waals surface area contributed by atoms with Crippen LogP contribution in [0.25, 0.3) is 0 Å². The molecule has 8 heteroatoms. The van der Waals surface area contributed by atoms with Crippen LogP contribution in [-0.2, 0) is 9.59 Å². The zero-order valence-electron chi connectivity index (χ0n) is 16.5. The summed E-state index contributed by atoms with van der Waals surface area (Å²) in [4.78, 5) is 26.4. The first-order chi connectivity index (χ1) is 14.1. The van der Waals surface area contributed by atoms with Crippen molar-refractivity contribution in [2.75, 3.05) is 32.8 Å². The van der Waals surface area contributed by atoms with Gasteiger partial charge < -0.3 is 19.1 Å². The Kier molecular flexibility index (Phi) is 6.33. The second kappa shape index (κ2) is 9.09. The zero-order valence-corrected chi connectivity index (χ0v) is 16.5. The lowest BCUT2D eigenvalue weighted by molar-refractivity contribution is -0.126. The summed E-state index contributed by atoms with van der Waals surface area (Å²) < 4.78 is 15.7. The van der Waals surface area contributed by atoms with Gasteiger partial charge in [-0.25, -0.2) is 5.43 Å². The Hall–Kier alpha value is -3.55. The quantitative estimate of drug-likeness (QED) is 0.572. The van der Waals surface area contributed by atoms with E-state index in [1.54, 1.807) is 61.6 Å². The van der Waals surface area contributed by atoms with Gasteiger partial charge in [0, 0.05) is 24.2 Å². The maximum absolute atomic E-state index is 12.5. The van der Waals surface area contributed by atoms with E-state index in [4.69, 9.17) is 14.2 Å². The van der Waals surface area contributed by atoms with Gasteiger partial charge in [0.05, 0.1) is 33.5 Å². The predicted molar refractivity (Wildman–Crippen MR) is 109 cm³/mol. The van der Waals surface area contributed by atoms with E-state index < -0.39 is 5.92 Å². The molecule has 1 atom stereocenters. The summed E-state index contributed by atoms with van der Waals surface area (Å²) in [6.07, 6.45) is 1.62. The summed E-state index contributed by atoms with van der Waals surface area (Å²) in [6, 6.07) is 12.5. The Morgan fingerprint density at radius 1 is 1.10 bits per heavy atom. The van der Waals surface area contributed by atoms with Crippen LogP contribution >= 0.6 is 0 Å². The third-order valence-corrected chi connectivity index (χ3v) is 4.69. The monoisotopic (exact) mass is 397 g/mol. The normalized spacial score (nSPS) is 16.2. The molecule has 2 amide bonds. The largest absolute Gasteiger partial charge is 0.497 e. The van der Waals surface area contributed by atoms with Crippen LogP contribution in [0.4, 0.5) is 5.69 Å². The molecule has 29 heavy (non-hydrogen) atoms. The lowest BCUT2D eigenvalue weighted by Crippen LogP contribution is -2.30. The van der Waals surface area contributed by atoms with Crippen LogP contribution in [0.2, 0.25) is 0 Å². The van der Waals surface area contributed by atoms with Crippen molar-refractivity contribution in [2.24, 2.45) is 11.0 Å². The molecule has 1 aliphatic rings. The number of carbonyl (C=O) groups is 2. The lowest BCUT2D eigenvalue weighted by atomic mass is 10.1. The minimum Gasteiger partial charge on any atom is -0.497 e. The minimum absolute atomic E-state index is 0.103. The molecule has 0 aromatic heterocycles. The highest BCUT2D eigenvalue weighted by Gasteiger charge is 2.35. The lowest BCUT2D eigenvalue weighted by Gasteiger charge is -2.16. The molecule has 3 rings (SSSR count). The average Bonchev–Trinajstić information content (AvgIpc) is 3.15. The number of anilines is 1. The van der Waals surface area contributed by atoms with Crippen LogP contribution in [-0.4, -0.2) is 45.9 Å². The molecule has 0 unspecified atom stereocenters. The fraction of sp³-hybridized carbons (Fsp3) is 0.286. The molecule has 8 nitrogen and oxygen atoms in total. The third kappa shape index (κ3) is 4.48. The Balaban J connectivity index is 1.63. The van der Waals surface area contributed by atoms with Crippen LogP contribution in [0, 0.1) is 5.92 Å². The van der Waals surface area contributed by atoms with Crippen molar-refractivity contribution in [3.05, 3.63) is 48.0 Å². The Morgan fingerprint density at radius 2 is 1.86 bits per heavy atom. The predicted octanol–water partition coefficient (Wildman–Crippen LogP) is 2.22. The molecule has 1 saturated heterocycles. The number of nitrogens with zero attached hydrogens (tertiary/aromatic N) is 2. The van der Waals surface area contributed by atoms with E-state index in [9.17, 15) is 9.59 Å². The Morgan fingerprint density at radius 3 is 2.52 bits per heavy atom. The van der Waals surface area contributed by atoms with Gasteiger partial charge in [0.2, 0.25) is 11.8 Å². The summed E-state index contributed by atoms with van der Waals surface area (Å²) in [7, 11) is 4.66. The molecule has 0 aliphatic carbocycles. The number of amides is 2. The van der Waals surface area contributed by atoms with Gasteiger partial charge in [0.15, 0.2) is 11.5 Å². The number of ether oxygens (including phenoxy) is 3. The molecule has 1 heterocycles. The highest BCUT2D eigenvalue weighted by atomic mass is 16.5. The van der Waals surface area contributed by atoms with Crippen LogP contribution in [0.3, 0.4) is 0 Å². The van der Waals surface area contributed by atoms with Crippen molar-refractivity contribution in [3.63, 3.8) is 0 Å². The number of nitrogens with one attached hydrogen (secondary N) is 1. The summed E-state index contributed by atoms with van der Waals surface area (Å²) in [5, 5.41) is 4.01. The first-order valence-corrected chi connectivity index (χ1v) is 9.05. The number of rotatable bonds is 7. The van der Waals surface area contributed by atoms with Gasteiger partial charge in [-0.3, -0.25) is 9.59 Å². The minimum atomic E-state index is -0.478. The molecule has 152 valence electrons. The van der Waals surface area contributed by atoms with Crippen molar-refractivity contribution >= 4 is 23.7 Å². The van der Waals surface area contributed by atoms with E-state index in [0.29, 0.717) is 29.4 Å². The van der Waals surface area contributed by atoms with Gasteiger partial charge in [-0.2, -0.15) is 5.10 Å². The van der Waals surface area contributed by atoms with Gasteiger partial charge in [0.1, 0.15) is 5.75 Å². The first-order valence-electron chi connectivity index (χ1n) is 9.05. The molecule has 0 bridgehead atoms. The molecule has 0 radical (unpaired) electrons. The summed E-state index contributed by atoms with van der Waals surface area (Å²) in [6.45, 7) is 0.301. The molecule has 2 aromatic rings. The van der Waals surface area contributed by atoms with Gasteiger partial charge in [0.25, 0.3) is 0 Å². The number of hydrazone groups is 1. The van der Waals surface area contributed by atoms with Crippen LogP contribution < -0.4 is 24.5 Å². The van der Waals surface area contributed by atoms with Crippen LogP contribution in [0.5, 0.6) is 17.2 Å². The molecule has 1 fully saturated rings. The smallest absolute Gasteiger partial charge is 0.245 e. The molecule has 0 spiro atoms. The van der Waals surface area contributed by atoms with Crippen molar-refractivity contribution in [2.45, 2.75) is 6.42 Å². The molecule has 2 aromatic carbocycles. The van der Waals surface area contributed by atoms with E-state index in [1.807, 2.05) is 0 Å². The SMILES string of the molecule is COc1ccc(N2C[C@@H](C(=O)N/N=C/c3cccc(OC)c3OC)CC2=O)cc1. The van der Waals surface area contributed by atoms with E-state index in [0.717, 1.165) is 5.69 Å². The Bertz CT molecular complexity index is 911. The zero-order chi connectivity index (χ0) is 20.8. The van der Waals surface area contributed by atoms with Crippen LogP contribution in [0.1, 0.15) is 12.0 Å². The molecule has 1 N–H and O–H groups in total. The average molecular weight is 397 g/mol. The van der Waals surface area contributed by atoms with Crippen molar-refractivity contribution in [3.8, 4) is 17.2 Å². The van der Waals surface area contributed by atoms with Crippen molar-refractivity contribution < 1.29 is 23.8 Å². The number of hydrogen-bond donors (Lipinski definition) is 1. The Labute approximate surface area is 169 Å². The fourth-order valence-electron chi connectivity index (χ4n) is 3.17. The van der Waals surface area contributed by atoms with Crippen molar-refractivity contribution in [1.29, 1.82) is 0 Å². The van der Waals surface area contributed by atoms with Gasteiger partial charge in [-0.1, -0.05) is 6.07 Å². The highest BCUT2D eigenvalue weighted by Crippen LogP contribution is 2.29. The maximum Gasteiger partial charge on any atom is 0.245 e. The van der Waals surface area contributed by atoms with E-state index in [2.05, 4.69) is 10.5 Å².